The van der Waals surface area contributed by atoms with Crippen molar-refractivity contribution in [1.82, 2.24) is 19.8 Å². The van der Waals surface area contributed by atoms with E-state index in [0.29, 0.717) is 13.2 Å². The Labute approximate surface area is 238 Å². The number of nitrogens with two attached hydrogens (primary N) is 1. The number of carbonyl (C=O) groups excluding carboxylic acids is 1. The number of benzene rings is 2. The van der Waals surface area contributed by atoms with Crippen LogP contribution in [0.25, 0.3) is 11.0 Å². The Morgan fingerprint density at radius 1 is 1.00 bits per heavy atom. The van der Waals surface area contributed by atoms with Crippen molar-refractivity contribution in [2.75, 3.05) is 39.3 Å². The highest BCUT2D eigenvalue weighted by atomic mass is 16.5. The second-order valence-corrected chi connectivity index (χ2v) is 11.5. The summed E-state index contributed by atoms with van der Waals surface area (Å²) in [7, 11) is 0. The summed E-state index contributed by atoms with van der Waals surface area (Å²) in [4.78, 5) is 18.9. The molecule has 1 aromatic heterocycles. The van der Waals surface area contributed by atoms with Crippen LogP contribution in [0.3, 0.4) is 0 Å². The van der Waals surface area contributed by atoms with Crippen molar-refractivity contribution >= 4 is 16.9 Å². The monoisotopic (exact) mass is 547 g/mol. The molecule has 5 rings (SSSR count). The molecule has 3 N–H and O–H groups in total. The molecule has 0 unspecified atom stereocenters. The van der Waals surface area contributed by atoms with Gasteiger partial charge in [0.15, 0.2) is 0 Å². The molecule has 1 amide bonds. The number of hydrogen-bond acceptors (Lipinski definition) is 6. The number of primary amides is 1. The molecule has 0 radical (unpaired) electrons. The molecule has 2 aliphatic heterocycles. The number of likely N-dealkylation sites (tertiary alicyclic amines) is 1. The smallest absolute Gasteiger partial charge is 0.220 e. The molecule has 3 aromatic rings. The number of carbonyl (C=O) groups is 1. The van der Waals surface area contributed by atoms with E-state index in [1.54, 1.807) is 0 Å². The summed E-state index contributed by atoms with van der Waals surface area (Å²) in [6, 6.07) is 14.4. The first-order valence-corrected chi connectivity index (χ1v) is 15.1. The van der Waals surface area contributed by atoms with Gasteiger partial charge in [0.25, 0.3) is 0 Å². The van der Waals surface area contributed by atoms with E-state index in [-0.39, 0.29) is 11.8 Å². The number of nitrogens with one attached hydrogen (secondary N) is 1. The first-order chi connectivity index (χ1) is 19.6. The van der Waals surface area contributed by atoms with E-state index in [9.17, 15) is 4.79 Å². The fraction of sp³-hybridized carbons (Fsp3) is 0.562. The molecule has 2 aromatic carbocycles. The van der Waals surface area contributed by atoms with Gasteiger partial charge in [-0.25, -0.2) is 4.98 Å². The highest BCUT2D eigenvalue weighted by Gasteiger charge is 2.23. The summed E-state index contributed by atoms with van der Waals surface area (Å²) in [6.07, 6.45) is 7.57. The number of para-hydroxylation sites is 1. The van der Waals surface area contributed by atoms with Crippen LogP contribution in [-0.2, 0) is 17.9 Å². The Hall–Kier alpha value is -3.10. The Balaban J connectivity index is 1.23. The average molecular weight is 548 g/mol. The third kappa shape index (κ3) is 7.55. The van der Waals surface area contributed by atoms with Gasteiger partial charge >= 0.3 is 0 Å². The van der Waals surface area contributed by atoms with Gasteiger partial charge in [0.2, 0.25) is 5.91 Å². The third-order valence-corrected chi connectivity index (χ3v) is 8.53. The van der Waals surface area contributed by atoms with Crippen LogP contribution in [0.15, 0.2) is 42.5 Å². The number of rotatable bonds is 13. The zero-order valence-corrected chi connectivity index (χ0v) is 23.9. The van der Waals surface area contributed by atoms with E-state index < -0.39 is 0 Å². The molecule has 2 aliphatic rings. The van der Waals surface area contributed by atoms with Crippen LogP contribution in [0, 0.1) is 18.8 Å². The van der Waals surface area contributed by atoms with E-state index in [2.05, 4.69) is 46.0 Å². The van der Waals surface area contributed by atoms with E-state index >= 15 is 0 Å². The van der Waals surface area contributed by atoms with Crippen LogP contribution in [0.2, 0.25) is 0 Å². The predicted octanol–water partition coefficient (Wildman–Crippen LogP) is 4.67. The summed E-state index contributed by atoms with van der Waals surface area (Å²) in [5.41, 5.74) is 8.71. The minimum Gasteiger partial charge on any atom is -0.491 e. The van der Waals surface area contributed by atoms with Crippen molar-refractivity contribution in [3.05, 3.63) is 53.9 Å². The molecule has 2 saturated heterocycles. The maximum absolute atomic E-state index is 11.4. The van der Waals surface area contributed by atoms with Gasteiger partial charge in [-0.05, 0) is 108 Å². The van der Waals surface area contributed by atoms with Crippen molar-refractivity contribution in [2.45, 2.75) is 65.0 Å². The van der Waals surface area contributed by atoms with Gasteiger partial charge < -0.3 is 30.0 Å². The lowest BCUT2D eigenvalue weighted by molar-refractivity contribution is -0.123. The molecular weight excluding hydrogens is 502 g/mol. The van der Waals surface area contributed by atoms with E-state index in [1.165, 1.54) is 24.8 Å². The van der Waals surface area contributed by atoms with Crippen LogP contribution in [-0.4, -0.2) is 59.7 Å². The average Bonchev–Trinajstić information content (AvgIpc) is 3.34. The lowest BCUT2D eigenvalue weighted by atomic mass is 9.93. The van der Waals surface area contributed by atoms with Crippen LogP contribution in [0.5, 0.6) is 11.5 Å². The lowest BCUT2D eigenvalue weighted by Crippen LogP contribution is -2.39. The quantitative estimate of drug-likeness (QED) is 0.302. The molecule has 0 atom stereocenters. The minimum atomic E-state index is -0.162. The molecule has 8 nitrogen and oxygen atoms in total. The largest absolute Gasteiger partial charge is 0.491 e. The normalized spacial score (nSPS) is 17.3. The van der Waals surface area contributed by atoms with Gasteiger partial charge in [0.05, 0.1) is 12.1 Å². The van der Waals surface area contributed by atoms with Crippen LogP contribution in [0.4, 0.5) is 0 Å². The SMILES string of the molecule is Cc1ccc(OCc2nc3c(OCCCN4CCC(C(N)=O)CC4)cccc3n2CCCC2CCNCC2)cc1. The molecule has 0 spiro atoms. The van der Waals surface area contributed by atoms with Crippen LogP contribution >= 0.6 is 0 Å². The molecule has 0 bridgehead atoms. The lowest BCUT2D eigenvalue weighted by Gasteiger charge is -2.30. The summed E-state index contributed by atoms with van der Waals surface area (Å²) < 4.78 is 14.8. The molecule has 216 valence electrons. The zero-order chi connectivity index (χ0) is 27.7. The number of aromatic nitrogens is 2. The van der Waals surface area contributed by atoms with Gasteiger partial charge in [-0.1, -0.05) is 23.8 Å². The molecular formula is C32H45N5O3. The Morgan fingerprint density at radius 2 is 1.77 bits per heavy atom. The van der Waals surface area contributed by atoms with Gasteiger partial charge in [0, 0.05) is 19.0 Å². The number of fused-ring (bicyclic) bond motifs is 1. The maximum Gasteiger partial charge on any atom is 0.220 e. The van der Waals surface area contributed by atoms with E-state index in [1.807, 2.05) is 18.2 Å². The van der Waals surface area contributed by atoms with Crippen LogP contribution in [0.1, 0.15) is 56.3 Å². The Kier molecular flexibility index (Phi) is 9.95. The Bertz CT molecular complexity index is 1230. The van der Waals surface area contributed by atoms with Crippen molar-refractivity contribution in [2.24, 2.45) is 17.6 Å². The van der Waals surface area contributed by atoms with Crippen molar-refractivity contribution in [1.29, 1.82) is 0 Å². The molecule has 0 aliphatic carbocycles. The molecule has 40 heavy (non-hydrogen) atoms. The zero-order valence-electron chi connectivity index (χ0n) is 23.9. The van der Waals surface area contributed by atoms with Crippen molar-refractivity contribution in [3.8, 4) is 11.5 Å². The first kappa shape index (κ1) is 28.4. The number of ether oxygens (including phenoxy) is 2. The number of hydrogen-bond donors (Lipinski definition) is 2. The van der Waals surface area contributed by atoms with Gasteiger partial charge in [-0.3, -0.25) is 4.79 Å². The van der Waals surface area contributed by atoms with Crippen molar-refractivity contribution in [3.63, 3.8) is 0 Å². The fourth-order valence-electron chi connectivity index (χ4n) is 6.05. The summed E-state index contributed by atoms with van der Waals surface area (Å²) in [5.74, 6) is 3.31. The first-order valence-electron chi connectivity index (χ1n) is 15.1. The summed E-state index contributed by atoms with van der Waals surface area (Å²) >= 11 is 0. The molecule has 2 fully saturated rings. The van der Waals surface area contributed by atoms with E-state index in [4.69, 9.17) is 20.2 Å². The maximum atomic E-state index is 11.4. The standard InChI is InChI=1S/C32H45N5O3/c1-24-8-10-27(11-9-24)40-23-30-35-31-28(37(30)19-3-5-25-12-16-34-17-13-25)6-2-7-29(31)39-22-4-18-36-20-14-26(15-21-36)32(33)38/h2,6-11,25-26,34H,3-5,12-23H2,1H3,(H2,33,38). The van der Waals surface area contributed by atoms with Gasteiger partial charge in [-0.2, -0.15) is 0 Å². The second-order valence-electron chi connectivity index (χ2n) is 11.5. The molecule has 0 saturated carbocycles. The van der Waals surface area contributed by atoms with Crippen molar-refractivity contribution < 1.29 is 14.3 Å². The second kappa shape index (κ2) is 14.0. The van der Waals surface area contributed by atoms with Gasteiger partial charge in [-0.15, -0.1) is 0 Å². The number of imidazole rings is 1. The Morgan fingerprint density at radius 3 is 2.52 bits per heavy atom. The third-order valence-electron chi connectivity index (χ3n) is 8.53. The van der Waals surface area contributed by atoms with Crippen LogP contribution < -0.4 is 20.5 Å². The molecule has 3 heterocycles. The summed E-state index contributed by atoms with van der Waals surface area (Å²) in [6.45, 7) is 9.16. The number of amides is 1. The topological polar surface area (TPSA) is 94.6 Å². The fourth-order valence-corrected chi connectivity index (χ4v) is 6.05. The van der Waals surface area contributed by atoms with E-state index in [0.717, 1.165) is 99.2 Å². The summed E-state index contributed by atoms with van der Waals surface area (Å²) in [5, 5.41) is 3.47. The molecule has 8 heteroatoms. The van der Waals surface area contributed by atoms with Gasteiger partial charge in [0.1, 0.15) is 29.4 Å². The highest BCUT2D eigenvalue weighted by molar-refractivity contribution is 5.82. The highest BCUT2D eigenvalue weighted by Crippen LogP contribution is 2.28. The number of nitrogens with zero attached hydrogens (tertiary/aromatic N) is 3. The number of piperidine rings is 2. The minimum absolute atomic E-state index is 0.0315. The predicted molar refractivity (Wildman–Crippen MR) is 159 cm³/mol. The number of aryl methyl sites for hydroxylation is 2.